The van der Waals surface area contributed by atoms with Crippen molar-refractivity contribution in [3.63, 3.8) is 0 Å². The fraction of sp³-hybridized carbons (Fsp3) is 0. The average molecular weight is 475 g/mol. The molecule has 0 amide bonds. The van der Waals surface area contributed by atoms with Gasteiger partial charge in [0.2, 0.25) is 0 Å². The summed E-state index contributed by atoms with van der Waals surface area (Å²) >= 11 is 8.47. The summed E-state index contributed by atoms with van der Waals surface area (Å²) in [5.74, 6) is 0. The van der Waals surface area contributed by atoms with Crippen LogP contribution in [-0.4, -0.2) is 4.57 Å². The maximum atomic E-state index is 6.64. The number of benzene rings is 5. The lowest BCUT2D eigenvalue weighted by Crippen LogP contribution is -2.14. The number of hydrogen-bond acceptors (Lipinski definition) is 2. The highest BCUT2D eigenvalue weighted by Gasteiger charge is 2.24. The Morgan fingerprint density at radius 2 is 1.12 bits per heavy atom. The molecule has 0 atom stereocenters. The molecule has 162 valence electrons. The van der Waals surface area contributed by atoms with Gasteiger partial charge in [-0.2, -0.15) is 0 Å². The molecule has 2 heterocycles. The lowest BCUT2D eigenvalue weighted by molar-refractivity contribution is 1.15. The Bertz CT molecular complexity index is 1660. The molecule has 0 fully saturated rings. The largest absolute Gasteiger partial charge is 0.309 e. The van der Waals surface area contributed by atoms with Gasteiger partial charge in [0.1, 0.15) is 0 Å². The van der Waals surface area contributed by atoms with Crippen LogP contribution < -0.4 is 4.90 Å². The van der Waals surface area contributed by atoms with Gasteiger partial charge in [0.25, 0.3) is 0 Å². The average Bonchev–Trinajstić information content (AvgIpc) is 3.23. The van der Waals surface area contributed by atoms with Crippen molar-refractivity contribution in [3.05, 3.63) is 120 Å². The highest BCUT2D eigenvalue weighted by Crippen LogP contribution is 2.51. The summed E-state index contributed by atoms with van der Waals surface area (Å²) in [6.07, 6.45) is 0. The van der Waals surface area contributed by atoms with E-state index in [0.717, 1.165) is 32.8 Å². The fourth-order valence-corrected chi connectivity index (χ4v) is 6.32. The van der Waals surface area contributed by atoms with Gasteiger partial charge in [0, 0.05) is 31.9 Å². The van der Waals surface area contributed by atoms with Crippen molar-refractivity contribution in [1.82, 2.24) is 4.57 Å². The normalized spacial score (nSPS) is 12.7. The summed E-state index contributed by atoms with van der Waals surface area (Å²) in [5, 5.41) is 3.05. The second kappa shape index (κ2) is 7.69. The predicted octanol–water partition coefficient (Wildman–Crippen LogP) is 9.37. The highest BCUT2D eigenvalue weighted by atomic mass is 35.5. The number of nitrogens with zero attached hydrogens (tertiary/aromatic N) is 2. The third kappa shape index (κ3) is 2.91. The summed E-state index contributed by atoms with van der Waals surface area (Å²) in [5.41, 5.74) is 6.95. The molecule has 0 saturated heterocycles. The quantitative estimate of drug-likeness (QED) is 0.246. The van der Waals surface area contributed by atoms with Crippen molar-refractivity contribution in [2.45, 2.75) is 9.79 Å². The van der Waals surface area contributed by atoms with Gasteiger partial charge in [-0.15, -0.1) is 0 Å². The van der Waals surface area contributed by atoms with E-state index in [1.807, 2.05) is 23.9 Å². The Labute approximate surface area is 207 Å². The van der Waals surface area contributed by atoms with Crippen LogP contribution in [0.5, 0.6) is 0 Å². The number of hydrogen-bond donors (Lipinski definition) is 0. The summed E-state index contributed by atoms with van der Waals surface area (Å²) < 4.78 is 2.30. The molecular formula is C30H19ClN2S. The summed E-state index contributed by atoms with van der Waals surface area (Å²) in [6, 6.07) is 40.6. The SMILES string of the molecule is Clc1cccc2c1c1ccccc1n2-c1ccc(N2c3ccccc3Sc3ccccc32)cc1. The number of para-hydroxylation sites is 3. The van der Waals surface area contributed by atoms with Crippen molar-refractivity contribution in [1.29, 1.82) is 0 Å². The molecule has 0 bridgehead atoms. The zero-order chi connectivity index (χ0) is 22.6. The number of rotatable bonds is 2. The molecule has 0 aliphatic carbocycles. The van der Waals surface area contributed by atoms with Crippen molar-refractivity contribution >= 4 is 62.2 Å². The summed E-state index contributed by atoms with van der Waals surface area (Å²) in [4.78, 5) is 4.89. The molecule has 34 heavy (non-hydrogen) atoms. The maximum Gasteiger partial charge on any atom is 0.0601 e. The molecule has 0 N–H and O–H groups in total. The van der Waals surface area contributed by atoms with E-state index in [1.165, 1.54) is 26.6 Å². The van der Waals surface area contributed by atoms with Crippen molar-refractivity contribution < 1.29 is 0 Å². The third-order valence-electron chi connectivity index (χ3n) is 6.45. The van der Waals surface area contributed by atoms with Gasteiger partial charge in [0.15, 0.2) is 0 Å². The molecule has 0 radical (unpaired) electrons. The summed E-state index contributed by atoms with van der Waals surface area (Å²) in [7, 11) is 0. The van der Waals surface area contributed by atoms with Gasteiger partial charge in [-0.05, 0) is 66.7 Å². The predicted molar refractivity (Wildman–Crippen MR) is 145 cm³/mol. The Morgan fingerprint density at radius 1 is 0.529 bits per heavy atom. The molecule has 0 spiro atoms. The van der Waals surface area contributed by atoms with Gasteiger partial charge < -0.3 is 9.47 Å². The van der Waals surface area contributed by atoms with E-state index in [1.54, 1.807) is 0 Å². The Morgan fingerprint density at radius 3 is 1.85 bits per heavy atom. The van der Waals surface area contributed by atoms with Gasteiger partial charge in [0.05, 0.1) is 27.4 Å². The molecule has 1 aromatic heterocycles. The topological polar surface area (TPSA) is 8.17 Å². The van der Waals surface area contributed by atoms with E-state index >= 15 is 0 Å². The standard InChI is InChI=1S/C30H19ClN2S/c31-23-9-7-13-27-30(23)22-8-1-2-10-24(22)32(27)20-16-18-21(19-17-20)33-25-11-3-5-14-28(25)34-29-15-6-4-12-26(29)33/h1-19H. The first-order chi connectivity index (χ1) is 16.8. The molecular weight excluding hydrogens is 456 g/mol. The Balaban J connectivity index is 1.41. The maximum absolute atomic E-state index is 6.64. The second-order valence-electron chi connectivity index (χ2n) is 8.38. The van der Waals surface area contributed by atoms with E-state index in [2.05, 4.69) is 113 Å². The first kappa shape index (κ1) is 19.8. The Hall–Kier alpha value is -3.66. The molecule has 0 saturated carbocycles. The minimum Gasteiger partial charge on any atom is -0.309 e. The Kier molecular flexibility index (Phi) is 4.48. The minimum absolute atomic E-state index is 0.781. The van der Waals surface area contributed by atoms with Crippen LogP contribution in [-0.2, 0) is 0 Å². The molecule has 6 aromatic rings. The first-order valence-electron chi connectivity index (χ1n) is 11.2. The first-order valence-corrected chi connectivity index (χ1v) is 12.4. The van der Waals surface area contributed by atoms with Crippen LogP contribution in [0.2, 0.25) is 5.02 Å². The fourth-order valence-electron chi connectivity index (χ4n) is 4.99. The van der Waals surface area contributed by atoms with E-state index in [-0.39, 0.29) is 0 Å². The van der Waals surface area contributed by atoms with Gasteiger partial charge in [-0.25, -0.2) is 0 Å². The zero-order valence-electron chi connectivity index (χ0n) is 18.2. The van der Waals surface area contributed by atoms with Gasteiger partial charge >= 0.3 is 0 Å². The molecule has 4 heteroatoms. The molecule has 1 aliphatic heterocycles. The second-order valence-corrected chi connectivity index (χ2v) is 9.87. The van der Waals surface area contributed by atoms with Crippen molar-refractivity contribution in [2.75, 3.05) is 4.90 Å². The van der Waals surface area contributed by atoms with E-state index < -0.39 is 0 Å². The lowest BCUT2D eigenvalue weighted by atomic mass is 10.1. The molecule has 0 unspecified atom stereocenters. The van der Waals surface area contributed by atoms with Crippen LogP contribution in [0.3, 0.4) is 0 Å². The number of anilines is 3. The molecule has 2 nitrogen and oxygen atoms in total. The van der Waals surface area contributed by atoms with E-state index in [4.69, 9.17) is 11.6 Å². The number of aromatic nitrogens is 1. The monoisotopic (exact) mass is 474 g/mol. The molecule has 7 rings (SSSR count). The van der Waals surface area contributed by atoms with E-state index in [0.29, 0.717) is 0 Å². The van der Waals surface area contributed by atoms with Gasteiger partial charge in [-0.1, -0.05) is 71.9 Å². The lowest BCUT2D eigenvalue weighted by Gasteiger charge is -2.32. The third-order valence-corrected chi connectivity index (χ3v) is 7.89. The van der Waals surface area contributed by atoms with Crippen molar-refractivity contribution in [2.24, 2.45) is 0 Å². The van der Waals surface area contributed by atoms with Crippen LogP contribution in [0, 0.1) is 0 Å². The number of halogens is 1. The number of fused-ring (bicyclic) bond motifs is 5. The van der Waals surface area contributed by atoms with Crippen LogP contribution in [0.25, 0.3) is 27.5 Å². The van der Waals surface area contributed by atoms with Crippen LogP contribution in [0.15, 0.2) is 125 Å². The van der Waals surface area contributed by atoms with Crippen LogP contribution in [0.4, 0.5) is 17.1 Å². The molecule has 5 aromatic carbocycles. The highest BCUT2D eigenvalue weighted by molar-refractivity contribution is 7.99. The van der Waals surface area contributed by atoms with E-state index in [9.17, 15) is 0 Å². The summed E-state index contributed by atoms with van der Waals surface area (Å²) in [6.45, 7) is 0. The van der Waals surface area contributed by atoms with Crippen molar-refractivity contribution in [3.8, 4) is 5.69 Å². The van der Waals surface area contributed by atoms with Crippen LogP contribution >= 0.6 is 23.4 Å². The smallest absolute Gasteiger partial charge is 0.0601 e. The van der Waals surface area contributed by atoms with Gasteiger partial charge in [-0.3, -0.25) is 0 Å². The molecule has 1 aliphatic rings. The van der Waals surface area contributed by atoms with Crippen LogP contribution in [0.1, 0.15) is 0 Å². The minimum atomic E-state index is 0.781. The zero-order valence-corrected chi connectivity index (χ0v) is 19.7.